The molecule has 1 atom stereocenters. The highest BCUT2D eigenvalue weighted by Gasteiger charge is 2.30. The Kier molecular flexibility index (Phi) is 3.57. The van der Waals surface area contributed by atoms with E-state index in [-0.39, 0.29) is 5.97 Å². The highest BCUT2D eigenvalue weighted by atomic mass is 16.6. The van der Waals surface area contributed by atoms with Crippen molar-refractivity contribution in [3.05, 3.63) is 11.8 Å². The fraction of sp³-hybridized carbons (Fsp3) is 0.636. The first-order valence-corrected chi connectivity index (χ1v) is 5.10. The van der Waals surface area contributed by atoms with Crippen LogP contribution in [0, 0.1) is 0 Å². The van der Waals surface area contributed by atoms with Gasteiger partial charge in [0.25, 0.3) is 0 Å². The maximum atomic E-state index is 11.6. The van der Waals surface area contributed by atoms with E-state index in [0.29, 0.717) is 12.0 Å². The average molecular weight is 227 g/mol. The van der Waals surface area contributed by atoms with E-state index < -0.39 is 17.6 Å². The predicted molar refractivity (Wildman–Crippen MR) is 57.5 cm³/mol. The molecule has 1 aliphatic heterocycles. The highest BCUT2D eigenvalue weighted by Crippen LogP contribution is 2.17. The number of hydrogen-bond acceptors (Lipinski definition) is 5. The Labute approximate surface area is 94.8 Å². The summed E-state index contributed by atoms with van der Waals surface area (Å²) in [5.41, 5.74) is -0.0642. The molecule has 0 unspecified atom stereocenters. The van der Waals surface area contributed by atoms with Gasteiger partial charge in [-0.15, -0.1) is 0 Å². The number of ether oxygens (including phenoxy) is 2. The Morgan fingerprint density at radius 1 is 1.44 bits per heavy atom. The molecule has 1 rings (SSSR count). The average Bonchev–Trinajstić information content (AvgIpc) is 2.62. The van der Waals surface area contributed by atoms with Crippen LogP contribution in [0.2, 0.25) is 0 Å². The molecule has 16 heavy (non-hydrogen) atoms. The summed E-state index contributed by atoms with van der Waals surface area (Å²) in [4.78, 5) is 22.8. The monoisotopic (exact) mass is 227 g/mol. The van der Waals surface area contributed by atoms with Crippen molar-refractivity contribution in [3.8, 4) is 0 Å². The maximum Gasteiger partial charge on any atom is 0.335 e. The van der Waals surface area contributed by atoms with Gasteiger partial charge in [-0.05, 0) is 20.8 Å². The highest BCUT2D eigenvalue weighted by molar-refractivity contribution is 5.91. The van der Waals surface area contributed by atoms with E-state index in [0.717, 1.165) is 0 Å². The molecule has 0 saturated heterocycles. The van der Waals surface area contributed by atoms with Gasteiger partial charge in [0.15, 0.2) is 0 Å². The van der Waals surface area contributed by atoms with Crippen molar-refractivity contribution in [1.29, 1.82) is 0 Å². The molecule has 0 bridgehead atoms. The lowest BCUT2D eigenvalue weighted by Gasteiger charge is -2.22. The molecule has 0 saturated carbocycles. The van der Waals surface area contributed by atoms with E-state index in [9.17, 15) is 9.59 Å². The molecule has 1 aliphatic rings. The van der Waals surface area contributed by atoms with Gasteiger partial charge in [0.2, 0.25) is 0 Å². The van der Waals surface area contributed by atoms with Gasteiger partial charge in [0.05, 0.1) is 12.7 Å². The lowest BCUT2D eigenvalue weighted by atomic mass is 10.1. The zero-order chi connectivity index (χ0) is 12.3. The summed E-state index contributed by atoms with van der Waals surface area (Å²) in [6.45, 7) is 5.40. The van der Waals surface area contributed by atoms with Gasteiger partial charge >= 0.3 is 11.9 Å². The van der Waals surface area contributed by atoms with Crippen molar-refractivity contribution in [3.63, 3.8) is 0 Å². The summed E-state index contributed by atoms with van der Waals surface area (Å²) in [6, 6.07) is -0.492. The van der Waals surface area contributed by atoms with Gasteiger partial charge in [-0.3, -0.25) is 0 Å². The summed E-state index contributed by atoms with van der Waals surface area (Å²) in [7, 11) is 1.31. The van der Waals surface area contributed by atoms with Gasteiger partial charge in [0, 0.05) is 12.6 Å². The second-order valence-corrected chi connectivity index (χ2v) is 4.62. The van der Waals surface area contributed by atoms with Crippen molar-refractivity contribution in [1.82, 2.24) is 5.32 Å². The Morgan fingerprint density at radius 2 is 2.06 bits per heavy atom. The molecule has 0 aromatic rings. The third-order valence-corrected chi connectivity index (χ3v) is 2.02. The number of carbonyl (C=O) groups is 2. The SMILES string of the molecule is COC(=O)C1=CN[C@@H](C(=O)OC(C)(C)C)C1. The number of hydrogen-bond donors (Lipinski definition) is 1. The van der Waals surface area contributed by atoms with Crippen LogP contribution in [0.25, 0.3) is 0 Å². The van der Waals surface area contributed by atoms with Gasteiger partial charge in [-0.1, -0.05) is 0 Å². The van der Waals surface area contributed by atoms with Crippen LogP contribution in [0.5, 0.6) is 0 Å². The molecule has 1 heterocycles. The number of methoxy groups -OCH3 is 1. The summed E-state index contributed by atoms with van der Waals surface area (Å²) in [5.74, 6) is -0.777. The van der Waals surface area contributed by atoms with Crippen LogP contribution in [0.4, 0.5) is 0 Å². The van der Waals surface area contributed by atoms with Crippen LogP contribution in [0.15, 0.2) is 11.8 Å². The van der Waals surface area contributed by atoms with Crippen molar-refractivity contribution >= 4 is 11.9 Å². The maximum absolute atomic E-state index is 11.6. The number of carbonyl (C=O) groups excluding carboxylic acids is 2. The molecule has 5 nitrogen and oxygen atoms in total. The minimum Gasteiger partial charge on any atom is -0.466 e. The molecule has 0 aliphatic carbocycles. The lowest BCUT2D eigenvalue weighted by Crippen LogP contribution is -2.36. The minimum absolute atomic E-state index is 0.307. The normalized spacial score (nSPS) is 19.8. The summed E-state index contributed by atoms with van der Waals surface area (Å²) < 4.78 is 9.76. The van der Waals surface area contributed by atoms with Crippen LogP contribution in [-0.2, 0) is 19.1 Å². The van der Waals surface area contributed by atoms with E-state index in [2.05, 4.69) is 10.1 Å². The quantitative estimate of drug-likeness (QED) is 0.705. The van der Waals surface area contributed by atoms with Crippen molar-refractivity contribution < 1.29 is 19.1 Å². The van der Waals surface area contributed by atoms with E-state index in [1.165, 1.54) is 13.3 Å². The molecule has 5 heteroatoms. The summed E-state index contributed by atoms with van der Waals surface area (Å²) >= 11 is 0. The second kappa shape index (κ2) is 4.55. The van der Waals surface area contributed by atoms with E-state index >= 15 is 0 Å². The molecule has 0 amide bonds. The van der Waals surface area contributed by atoms with Crippen LogP contribution in [0.3, 0.4) is 0 Å². The van der Waals surface area contributed by atoms with Gasteiger partial charge in [-0.2, -0.15) is 0 Å². The smallest absolute Gasteiger partial charge is 0.335 e. The molecular weight excluding hydrogens is 210 g/mol. The molecule has 0 radical (unpaired) electrons. The first-order valence-electron chi connectivity index (χ1n) is 5.10. The first kappa shape index (κ1) is 12.5. The Morgan fingerprint density at radius 3 is 2.56 bits per heavy atom. The molecule has 1 N–H and O–H groups in total. The largest absolute Gasteiger partial charge is 0.466 e. The zero-order valence-corrected chi connectivity index (χ0v) is 9.99. The number of rotatable bonds is 2. The van der Waals surface area contributed by atoms with Crippen LogP contribution in [-0.4, -0.2) is 30.7 Å². The predicted octanol–water partition coefficient (Wildman–Crippen LogP) is 0.747. The van der Waals surface area contributed by atoms with E-state index in [4.69, 9.17) is 4.74 Å². The Bertz CT molecular complexity index is 327. The summed E-state index contributed by atoms with van der Waals surface area (Å²) in [5, 5.41) is 2.81. The molecule has 0 fully saturated rings. The Hall–Kier alpha value is -1.52. The first-order chi connectivity index (χ1) is 7.33. The lowest BCUT2D eigenvalue weighted by molar-refractivity contribution is -0.156. The molecule has 90 valence electrons. The third kappa shape index (κ3) is 3.25. The fourth-order valence-electron chi connectivity index (χ4n) is 1.34. The van der Waals surface area contributed by atoms with E-state index in [1.54, 1.807) is 20.8 Å². The number of esters is 2. The Balaban J connectivity index is 2.50. The van der Waals surface area contributed by atoms with Crippen molar-refractivity contribution in [2.75, 3.05) is 7.11 Å². The van der Waals surface area contributed by atoms with Gasteiger partial charge in [0.1, 0.15) is 11.6 Å². The topological polar surface area (TPSA) is 64.6 Å². The van der Waals surface area contributed by atoms with Crippen molar-refractivity contribution in [2.45, 2.75) is 38.8 Å². The molecule has 0 spiro atoms. The molecule has 0 aromatic heterocycles. The van der Waals surface area contributed by atoms with Gasteiger partial charge < -0.3 is 14.8 Å². The second-order valence-electron chi connectivity index (χ2n) is 4.62. The van der Waals surface area contributed by atoms with Crippen molar-refractivity contribution in [2.24, 2.45) is 0 Å². The van der Waals surface area contributed by atoms with Crippen LogP contribution >= 0.6 is 0 Å². The van der Waals surface area contributed by atoms with E-state index in [1.807, 2.05) is 0 Å². The van der Waals surface area contributed by atoms with Crippen LogP contribution < -0.4 is 5.32 Å². The molecule has 0 aromatic carbocycles. The fourth-order valence-corrected chi connectivity index (χ4v) is 1.34. The zero-order valence-electron chi connectivity index (χ0n) is 9.99. The van der Waals surface area contributed by atoms with Crippen LogP contribution in [0.1, 0.15) is 27.2 Å². The van der Waals surface area contributed by atoms with Gasteiger partial charge in [-0.25, -0.2) is 9.59 Å². The number of nitrogens with one attached hydrogen (secondary N) is 1. The standard InChI is InChI=1S/C11H17NO4/c1-11(2,3)16-10(14)8-5-7(6-12-8)9(13)15-4/h6,8,12H,5H2,1-4H3/t8-/m1/s1. The minimum atomic E-state index is -0.521. The summed E-state index contributed by atoms with van der Waals surface area (Å²) in [6.07, 6.45) is 1.81. The third-order valence-electron chi connectivity index (χ3n) is 2.02. The molecular formula is C11H17NO4.